The monoisotopic (exact) mass is 374 g/mol. The summed E-state index contributed by atoms with van der Waals surface area (Å²) < 4.78 is 17.4. The third-order valence-corrected chi connectivity index (χ3v) is 4.87. The molecule has 0 radical (unpaired) electrons. The first kappa shape index (κ1) is 16.8. The van der Waals surface area contributed by atoms with Gasteiger partial charge in [0.2, 0.25) is 5.78 Å². The Kier molecular flexibility index (Phi) is 3.98. The lowest BCUT2D eigenvalue weighted by Gasteiger charge is -2.29. The lowest BCUT2D eigenvalue weighted by Crippen LogP contribution is -2.31. The molecule has 0 fully saturated rings. The molecule has 0 unspecified atom stereocenters. The van der Waals surface area contributed by atoms with Gasteiger partial charge >= 0.3 is 0 Å². The fraction of sp³-hybridized carbons (Fsp3) is 0.182. The van der Waals surface area contributed by atoms with Gasteiger partial charge in [0.05, 0.1) is 11.1 Å². The highest BCUT2D eigenvalue weighted by Crippen LogP contribution is 2.42. The van der Waals surface area contributed by atoms with Gasteiger partial charge in [-0.15, -0.1) is 0 Å². The molecule has 0 atom stereocenters. The Balaban J connectivity index is 1.43. The summed E-state index contributed by atoms with van der Waals surface area (Å²) in [7, 11) is 0. The molecule has 0 saturated carbocycles. The molecule has 140 valence electrons. The lowest BCUT2D eigenvalue weighted by atomic mass is 10.0. The molecule has 2 aromatic heterocycles. The maximum atomic E-state index is 12.8. The highest BCUT2D eigenvalue weighted by molar-refractivity contribution is 6.14. The van der Waals surface area contributed by atoms with Crippen LogP contribution in [-0.4, -0.2) is 22.4 Å². The number of ketones is 1. The number of Topliss-reactive ketones (excluding diaryl/α,β-unsaturated/α-hetero) is 1. The van der Waals surface area contributed by atoms with Gasteiger partial charge < -0.3 is 13.9 Å². The van der Waals surface area contributed by atoms with E-state index < -0.39 is 0 Å². The normalized spacial score (nSPS) is 17.2. The Morgan fingerprint density at radius 3 is 2.79 bits per heavy atom. The number of pyridine rings is 1. The lowest BCUT2D eigenvalue weighted by molar-refractivity contribution is 0.0872. The average Bonchev–Trinajstić information content (AvgIpc) is 3.26. The van der Waals surface area contributed by atoms with E-state index in [0.717, 1.165) is 29.2 Å². The number of hydrogen-bond donors (Lipinski definition) is 0. The number of aryl methyl sites for hydroxylation is 1. The zero-order valence-corrected chi connectivity index (χ0v) is 15.3. The van der Waals surface area contributed by atoms with Crippen LogP contribution in [0.2, 0.25) is 0 Å². The number of fused-ring (bicyclic) bond motifs is 3. The first-order valence-electron chi connectivity index (χ1n) is 9.08. The van der Waals surface area contributed by atoms with E-state index in [9.17, 15) is 4.79 Å². The Morgan fingerprint density at radius 2 is 2.00 bits per heavy atom. The maximum Gasteiger partial charge on any atom is 0.232 e. The second kappa shape index (κ2) is 6.65. The molecule has 5 rings (SSSR count). The Bertz CT molecular complexity index is 1090. The van der Waals surface area contributed by atoms with Crippen LogP contribution in [0.15, 0.2) is 59.0 Å². The second-order valence-corrected chi connectivity index (χ2v) is 6.92. The molecule has 6 nitrogen and oxygen atoms in total. The van der Waals surface area contributed by atoms with Crippen LogP contribution in [0.1, 0.15) is 33.0 Å². The first-order valence-corrected chi connectivity index (χ1v) is 9.08. The van der Waals surface area contributed by atoms with Crippen LogP contribution in [0.5, 0.6) is 11.5 Å². The number of carbonyl (C=O) groups excluding carboxylic acids is 1. The van der Waals surface area contributed by atoms with Crippen molar-refractivity contribution in [3.8, 4) is 11.5 Å². The fourth-order valence-corrected chi connectivity index (χ4v) is 3.51. The summed E-state index contributed by atoms with van der Waals surface area (Å²) in [4.78, 5) is 19.0. The van der Waals surface area contributed by atoms with Crippen LogP contribution in [0.4, 0.5) is 0 Å². The minimum Gasteiger partial charge on any atom is -0.478 e. The van der Waals surface area contributed by atoms with Gasteiger partial charge in [-0.2, -0.15) is 0 Å². The summed E-state index contributed by atoms with van der Waals surface area (Å²) >= 11 is 0. The summed E-state index contributed by atoms with van der Waals surface area (Å²) in [6, 6.07) is 11.2. The Morgan fingerprint density at radius 1 is 1.14 bits per heavy atom. The Hall–Kier alpha value is -3.38. The third kappa shape index (κ3) is 2.97. The number of aromatic nitrogens is 1. The number of benzene rings is 1. The van der Waals surface area contributed by atoms with Crippen LogP contribution in [0.3, 0.4) is 0 Å². The topological polar surface area (TPSA) is 64.8 Å². The number of hydrogen-bond acceptors (Lipinski definition) is 6. The largest absolute Gasteiger partial charge is 0.478 e. The third-order valence-electron chi connectivity index (χ3n) is 4.87. The number of carbonyl (C=O) groups is 1. The number of furan rings is 1. The van der Waals surface area contributed by atoms with E-state index in [2.05, 4.69) is 9.88 Å². The molecule has 0 spiro atoms. The molecule has 6 heteroatoms. The van der Waals surface area contributed by atoms with Crippen molar-refractivity contribution < 1.29 is 18.7 Å². The minimum absolute atomic E-state index is 0.141. The van der Waals surface area contributed by atoms with E-state index in [1.54, 1.807) is 24.5 Å². The maximum absolute atomic E-state index is 12.8. The van der Waals surface area contributed by atoms with E-state index in [4.69, 9.17) is 13.9 Å². The van der Waals surface area contributed by atoms with E-state index in [1.807, 2.05) is 37.3 Å². The SMILES string of the molecule is Cc1ccc(C=C2Oc3c(ccc4c3CN(Cc3ccncc3)CO4)C2=O)o1. The van der Waals surface area contributed by atoms with Gasteiger partial charge in [0.15, 0.2) is 5.76 Å². The number of rotatable bonds is 3. The van der Waals surface area contributed by atoms with Crippen LogP contribution >= 0.6 is 0 Å². The zero-order chi connectivity index (χ0) is 19.1. The fourth-order valence-electron chi connectivity index (χ4n) is 3.51. The van der Waals surface area contributed by atoms with Gasteiger partial charge in [0.1, 0.15) is 29.8 Å². The van der Waals surface area contributed by atoms with Crippen molar-refractivity contribution in [3.05, 3.63) is 82.8 Å². The summed E-state index contributed by atoms with van der Waals surface area (Å²) in [6.45, 7) is 3.71. The van der Waals surface area contributed by atoms with E-state index in [0.29, 0.717) is 30.3 Å². The van der Waals surface area contributed by atoms with Crippen molar-refractivity contribution in [3.63, 3.8) is 0 Å². The molecular weight excluding hydrogens is 356 g/mol. The quantitative estimate of drug-likeness (QED) is 0.647. The molecule has 2 aliphatic heterocycles. The summed E-state index contributed by atoms with van der Waals surface area (Å²) in [6.07, 6.45) is 5.20. The number of allylic oxidation sites excluding steroid dienone is 1. The van der Waals surface area contributed by atoms with Crippen molar-refractivity contribution in [2.75, 3.05) is 6.73 Å². The average molecular weight is 374 g/mol. The first-order chi connectivity index (χ1) is 13.7. The summed E-state index contributed by atoms with van der Waals surface area (Å²) in [5.74, 6) is 2.84. The van der Waals surface area contributed by atoms with Crippen LogP contribution in [0, 0.1) is 6.92 Å². The molecule has 1 aromatic carbocycles. The second-order valence-electron chi connectivity index (χ2n) is 6.92. The van der Waals surface area contributed by atoms with Crippen LogP contribution in [-0.2, 0) is 13.1 Å². The van der Waals surface area contributed by atoms with Gasteiger partial charge in [0, 0.05) is 31.6 Å². The van der Waals surface area contributed by atoms with Crippen molar-refractivity contribution in [1.29, 1.82) is 0 Å². The van der Waals surface area contributed by atoms with Gasteiger partial charge in [0.25, 0.3) is 0 Å². The van der Waals surface area contributed by atoms with Crippen molar-refractivity contribution in [2.45, 2.75) is 20.0 Å². The van der Waals surface area contributed by atoms with Gasteiger partial charge in [-0.05, 0) is 48.9 Å². The highest BCUT2D eigenvalue weighted by atomic mass is 16.5. The zero-order valence-electron chi connectivity index (χ0n) is 15.3. The van der Waals surface area contributed by atoms with Crippen molar-refractivity contribution >= 4 is 11.9 Å². The molecule has 0 aliphatic carbocycles. The highest BCUT2D eigenvalue weighted by Gasteiger charge is 2.33. The molecule has 4 heterocycles. The van der Waals surface area contributed by atoms with Gasteiger partial charge in [-0.1, -0.05) is 0 Å². The summed E-state index contributed by atoms with van der Waals surface area (Å²) in [5, 5.41) is 0. The van der Waals surface area contributed by atoms with Gasteiger partial charge in [-0.25, -0.2) is 0 Å². The molecule has 0 N–H and O–H groups in total. The smallest absolute Gasteiger partial charge is 0.232 e. The van der Waals surface area contributed by atoms with E-state index in [1.165, 1.54) is 0 Å². The number of nitrogens with zero attached hydrogens (tertiary/aromatic N) is 2. The standard InChI is InChI=1S/C22H18N2O4/c1-14-2-3-16(27-14)10-20-21(25)17-4-5-19-18(22(17)28-20)12-24(13-26-19)11-15-6-8-23-9-7-15/h2-10H,11-13H2,1H3. The minimum atomic E-state index is -0.141. The van der Waals surface area contributed by atoms with Crippen LogP contribution < -0.4 is 9.47 Å². The van der Waals surface area contributed by atoms with Crippen molar-refractivity contribution in [2.24, 2.45) is 0 Å². The molecule has 3 aromatic rings. The predicted octanol–water partition coefficient (Wildman–Crippen LogP) is 3.95. The van der Waals surface area contributed by atoms with Crippen molar-refractivity contribution in [1.82, 2.24) is 9.88 Å². The number of ether oxygens (including phenoxy) is 2. The van der Waals surface area contributed by atoms with Gasteiger partial charge in [-0.3, -0.25) is 14.7 Å². The van der Waals surface area contributed by atoms with E-state index >= 15 is 0 Å². The van der Waals surface area contributed by atoms with Crippen LogP contribution in [0.25, 0.3) is 6.08 Å². The predicted molar refractivity (Wildman–Crippen MR) is 102 cm³/mol. The molecular formula is C22H18N2O4. The van der Waals surface area contributed by atoms with E-state index in [-0.39, 0.29) is 11.5 Å². The molecule has 28 heavy (non-hydrogen) atoms. The molecule has 0 saturated heterocycles. The molecule has 0 bridgehead atoms. The Labute approximate surface area is 162 Å². The molecule has 2 aliphatic rings. The molecule has 0 amide bonds. The summed E-state index contributed by atoms with van der Waals surface area (Å²) in [5.41, 5.74) is 2.60.